The zero-order valence-corrected chi connectivity index (χ0v) is 18.7. The van der Waals surface area contributed by atoms with Crippen LogP contribution < -0.4 is 5.32 Å². The lowest BCUT2D eigenvalue weighted by Crippen LogP contribution is -2.32. The Hall–Kier alpha value is -2.84. The summed E-state index contributed by atoms with van der Waals surface area (Å²) < 4.78 is 41.9. The molecule has 0 atom stereocenters. The minimum atomic E-state index is -3.98. The van der Waals surface area contributed by atoms with Crippen LogP contribution in [0.5, 0.6) is 0 Å². The number of amides is 1. The smallest absolute Gasteiger partial charge is 0.407 e. The van der Waals surface area contributed by atoms with Crippen LogP contribution in [0.3, 0.4) is 0 Å². The fraction of sp³-hybridized carbons (Fsp3) is 0.348. The summed E-state index contributed by atoms with van der Waals surface area (Å²) in [5.41, 5.74) is 3.82. The average Bonchev–Trinajstić information content (AvgIpc) is 3.12. The van der Waals surface area contributed by atoms with E-state index in [-0.39, 0.29) is 5.75 Å². The van der Waals surface area contributed by atoms with Crippen molar-refractivity contribution in [2.24, 2.45) is 0 Å². The SMILES string of the molecule is CC(C)(C)OC(=O)NCc1cccc(-c2cc(CCCS(=O)(=O)O)cc3ccoc23)c1. The first-order valence-electron chi connectivity index (χ1n) is 10.0. The predicted octanol–water partition coefficient (Wildman–Crippen LogP) is 4.94. The summed E-state index contributed by atoms with van der Waals surface area (Å²) in [5, 5.41) is 3.67. The van der Waals surface area contributed by atoms with Crippen LogP contribution in [-0.2, 0) is 27.8 Å². The number of fused-ring (bicyclic) bond motifs is 1. The summed E-state index contributed by atoms with van der Waals surface area (Å²) in [7, 11) is -3.98. The molecule has 0 radical (unpaired) electrons. The van der Waals surface area contributed by atoms with Crippen molar-refractivity contribution in [1.82, 2.24) is 5.32 Å². The van der Waals surface area contributed by atoms with Crippen molar-refractivity contribution < 1.29 is 26.9 Å². The molecule has 1 amide bonds. The third-order valence-corrected chi connectivity index (χ3v) is 5.36. The normalized spacial score (nSPS) is 12.1. The number of rotatable bonds is 7. The number of benzene rings is 2. The molecule has 31 heavy (non-hydrogen) atoms. The van der Waals surface area contributed by atoms with Crippen molar-refractivity contribution in [1.29, 1.82) is 0 Å². The summed E-state index contributed by atoms with van der Waals surface area (Å²) >= 11 is 0. The lowest BCUT2D eigenvalue weighted by molar-refractivity contribution is 0.0523. The van der Waals surface area contributed by atoms with E-state index in [9.17, 15) is 13.2 Å². The first-order valence-corrected chi connectivity index (χ1v) is 11.6. The molecule has 0 spiro atoms. The van der Waals surface area contributed by atoms with Crippen LogP contribution in [0.4, 0.5) is 4.79 Å². The van der Waals surface area contributed by atoms with Gasteiger partial charge in [0.1, 0.15) is 11.2 Å². The summed E-state index contributed by atoms with van der Waals surface area (Å²) in [5.74, 6) is -0.280. The Bertz CT molecular complexity index is 1170. The maximum Gasteiger partial charge on any atom is 0.407 e. The number of aryl methyl sites for hydroxylation is 1. The van der Waals surface area contributed by atoms with E-state index in [1.807, 2.05) is 63.2 Å². The number of hydrogen-bond donors (Lipinski definition) is 2. The second kappa shape index (κ2) is 9.11. The van der Waals surface area contributed by atoms with Gasteiger partial charge in [-0.25, -0.2) is 4.79 Å². The molecule has 2 aromatic carbocycles. The Morgan fingerprint density at radius 2 is 1.90 bits per heavy atom. The molecule has 1 aromatic heterocycles. The van der Waals surface area contributed by atoms with Crippen molar-refractivity contribution in [3.05, 3.63) is 59.9 Å². The maximum atomic E-state index is 11.9. The fourth-order valence-corrected chi connectivity index (χ4v) is 3.81. The molecule has 0 aliphatic heterocycles. The van der Waals surface area contributed by atoms with Crippen LogP contribution in [0.25, 0.3) is 22.1 Å². The van der Waals surface area contributed by atoms with Crippen molar-refractivity contribution in [2.45, 2.75) is 45.8 Å². The Balaban J connectivity index is 1.81. The highest BCUT2D eigenvalue weighted by atomic mass is 32.2. The minimum absolute atomic E-state index is 0.280. The van der Waals surface area contributed by atoms with Gasteiger partial charge in [-0.1, -0.05) is 18.2 Å². The van der Waals surface area contributed by atoms with Gasteiger partial charge in [0, 0.05) is 17.5 Å². The molecule has 0 saturated carbocycles. The highest BCUT2D eigenvalue weighted by Crippen LogP contribution is 2.32. The summed E-state index contributed by atoms with van der Waals surface area (Å²) in [6.45, 7) is 5.75. The van der Waals surface area contributed by atoms with Crippen LogP contribution >= 0.6 is 0 Å². The van der Waals surface area contributed by atoms with Crippen LogP contribution in [0.1, 0.15) is 38.3 Å². The van der Waals surface area contributed by atoms with Crippen molar-refractivity contribution in [3.8, 4) is 11.1 Å². The Labute approximate surface area is 182 Å². The average molecular weight is 446 g/mol. The maximum absolute atomic E-state index is 11.9. The highest BCUT2D eigenvalue weighted by Gasteiger charge is 2.16. The number of carbonyl (C=O) groups is 1. The fourth-order valence-electron chi connectivity index (χ4n) is 3.30. The lowest BCUT2D eigenvalue weighted by atomic mass is 9.97. The second-order valence-corrected chi connectivity index (χ2v) is 10.00. The Morgan fingerprint density at radius 1 is 1.13 bits per heavy atom. The zero-order valence-electron chi connectivity index (χ0n) is 17.8. The van der Waals surface area contributed by atoms with E-state index >= 15 is 0 Å². The first kappa shape index (κ1) is 22.8. The van der Waals surface area contributed by atoms with Gasteiger partial charge in [-0.05, 0) is 74.6 Å². The predicted molar refractivity (Wildman–Crippen MR) is 119 cm³/mol. The second-order valence-electron chi connectivity index (χ2n) is 8.43. The molecule has 2 N–H and O–H groups in total. The molecular formula is C23H27NO6S. The van der Waals surface area contributed by atoms with Crippen molar-refractivity contribution in [3.63, 3.8) is 0 Å². The van der Waals surface area contributed by atoms with Crippen molar-refractivity contribution >= 4 is 27.2 Å². The molecule has 0 bridgehead atoms. The van der Waals surface area contributed by atoms with E-state index in [0.717, 1.165) is 33.2 Å². The van der Waals surface area contributed by atoms with Crippen molar-refractivity contribution in [2.75, 3.05) is 5.75 Å². The molecule has 0 unspecified atom stereocenters. The molecule has 3 aromatic rings. The van der Waals surface area contributed by atoms with Crippen LogP contribution in [0.15, 0.2) is 53.1 Å². The zero-order chi connectivity index (χ0) is 22.6. The number of ether oxygens (including phenoxy) is 1. The molecule has 0 aliphatic rings. The molecule has 166 valence electrons. The summed E-state index contributed by atoms with van der Waals surface area (Å²) in [6.07, 6.45) is 1.96. The van der Waals surface area contributed by atoms with Gasteiger partial charge in [0.25, 0.3) is 10.1 Å². The highest BCUT2D eigenvalue weighted by molar-refractivity contribution is 7.85. The van der Waals surface area contributed by atoms with E-state index in [4.69, 9.17) is 13.7 Å². The van der Waals surface area contributed by atoms with Gasteiger partial charge < -0.3 is 14.5 Å². The van der Waals surface area contributed by atoms with E-state index in [0.29, 0.717) is 19.4 Å². The van der Waals surface area contributed by atoms with Gasteiger partial charge in [0.15, 0.2) is 0 Å². The first-order chi connectivity index (χ1) is 14.5. The van der Waals surface area contributed by atoms with E-state index in [2.05, 4.69) is 5.32 Å². The Morgan fingerprint density at radius 3 is 2.61 bits per heavy atom. The number of nitrogens with one attached hydrogen (secondary N) is 1. The third kappa shape index (κ3) is 6.83. The summed E-state index contributed by atoms with van der Waals surface area (Å²) in [6, 6.07) is 13.5. The standard InChI is InChI=1S/C23H27NO6S/c1-23(2,3)30-22(25)24-15-17-6-4-8-18(13-17)20-14-16(7-5-11-31(26,27)28)12-19-9-10-29-21(19)20/h4,6,8-10,12-14H,5,7,11,15H2,1-3H3,(H,24,25)(H,26,27,28). The van der Waals surface area contributed by atoms with Gasteiger partial charge in [-0.15, -0.1) is 0 Å². The summed E-state index contributed by atoms with van der Waals surface area (Å²) in [4.78, 5) is 11.9. The molecule has 0 aliphatic carbocycles. The molecule has 8 heteroatoms. The van der Waals surface area contributed by atoms with Gasteiger partial charge >= 0.3 is 6.09 Å². The minimum Gasteiger partial charge on any atom is -0.464 e. The molecule has 3 rings (SSSR count). The molecule has 0 fully saturated rings. The molecule has 1 heterocycles. The van der Waals surface area contributed by atoms with Crippen LogP contribution in [0.2, 0.25) is 0 Å². The number of carbonyl (C=O) groups excluding carboxylic acids is 1. The van der Waals surface area contributed by atoms with E-state index in [1.165, 1.54) is 0 Å². The van der Waals surface area contributed by atoms with Gasteiger partial charge in [0.05, 0.1) is 12.0 Å². The van der Waals surface area contributed by atoms with Crippen LogP contribution in [0, 0.1) is 0 Å². The lowest BCUT2D eigenvalue weighted by Gasteiger charge is -2.19. The quantitative estimate of drug-likeness (QED) is 0.499. The van der Waals surface area contributed by atoms with Gasteiger partial charge in [0.2, 0.25) is 0 Å². The van der Waals surface area contributed by atoms with E-state index in [1.54, 1.807) is 6.26 Å². The van der Waals surface area contributed by atoms with Gasteiger partial charge in [-0.2, -0.15) is 8.42 Å². The number of alkyl carbamates (subject to hydrolysis) is 1. The Kier molecular flexibility index (Phi) is 6.71. The number of furan rings is 1. The topological polar surface area (TPSA) is 106 Å². The largest absolute Gasteiger partial charge is 0.464 e. The molecular weight excluding hydrogens is 418 g/mol. The molecule has 0 saturated heterocycles. The van der Waals surface area contributed by atoms with E-state index < -0.39 is 21.8 Å². The molecule has 7 nitrogen and oxygen atoms in total. The monoisotopic (exact) mass is 445 g/mol. The van der Waals surface area contributed by atoms with Crippen LogP contribution in [-0.4, -0.2) is 30.4 Å². The third-order valence-electron chi connectivity index (χ3n) is 4.55. The van der Waals surface area contributed by atoms with Gasteiger partial charge in [-0.3, -0.25) is 4.55 Å². The number of hydrogen-bond acceptors (Lipinski definition) is 5.